The van der Waals surface area contributed by atoms with Gasteiger partial charge in [-0.15, -0.1) is 0 Å². The molecule has 3 amide bonds. The summed E-state index contributed by atoms with van der Waals surface area (Å²) in [7, 11) is 0. The topological polar surface area (TPSA) is 213 Å². The van der Waals surface area contributed by atoms with Gasteiger partial charge < -0.3 is 42.6 Å². The Kier molecular flexibility index (Phi) is 11.2. The first-order chi connectivity index (χ1) is 19.6. The molecule has 3 rings (SSSR count). The van der Waals surface area contributed by atoms with Crippen LogP contribution in [0.2, 0.25) is 0 Å². The number of aliphatic carboxylic acids is 1. The standard InChI is InChI=1S/C29H38N6O6/c1-17(26(37)35-25(29(40)41)14-18-9-11-20(36)12-10-18)33-28(39)24(8-4-5-13-30)34-27(38)22(31)15-19-16-32-23-7-3-2-6-21(19)23/h2-3,6-7,9-12,16-17,22,24-25,32,36H,4-5,8,13-15,30-31H2,1H3,(H,33,39)(H,34,38)(H,35,37)(H,40,41)/t17-,22-,24-,25-/m0/s1. The summed E-state index contributed by atoms with van der Waals surface area (Å²) in [6.45, 7) is 1.84. The van der Waals surface area contributed by atoms with Gasteiger partial charge in [-0.3, -0.25) is 14.4 Å². The Morgan fingerprint density at radius 2 is 1.56 bits per heavy atom. The summed E-state index contributed by atoms with van der Waals surface area (Å²) in [6.07, 6.45) is 3.50. The Hall–Kier alpha value is -4.42. The van der Waals surface area contributed by atoms with E-state index in [0.717, 1.165) is 16.5 Å². The van der Waals surface area contributed by atoms with E-state index in [9.17, 15) is 29.4 Å². The van der Waals surface area contributed by atoms with Gasteiger partial charge in [0.15, 0.2) is 0 Å². The van der Waals surface area contributed by atoms with Crippen LogP contribution in [0.3, 0.4) is 0 Å². The Labute approximate surface area is 237 Å². The molecule has 1 aromatic heterocycles. The van der Waals surface area contributed by atoms with E-state index in [4.69, 9.17) is 11.5 Å². The van der Waals surface area contributed by atoms with Crippen molar-refractivity contribution in [2.24, 2.45) is 11.5 Å². The maximum Gasteiger partial charge on any atom is 0.326 e. The third-order valence-corrected chi connectivity index (χ3v) is 6.77. The largest absolute Gasteiger partial charge is 0.508 e. The van der Waals surface area contributed by atoms with Crippen molar-refractivity contribution in [1.82, 2.24) is 20.9 Å². The lowest BCUT2D eigenvalue weighted by Crippen LogP contribution is -2.56. The van der Waals surface area contributed by atoms with Crippen molar-refractivity contribution in [1.29, 1.82) is 0 Å². The number of phenolic OH excluding ortho intramolecular Hbond substituents is 1. The van der Waals surface area contributed by atoms with Crippen LogP contribution in [0.15, 0.2) is 54.7 Å². The molecule has 0 saturated carbocycles. The molecule has 0 radical (unpaired) electrons. The molecule has 0 aliphatic rings. The van der Waals surface area contributed by atoms with Crippen LogP contribution in [-0.2, 0) is 32.0 Å². The van der Waals surface area contributed by atoms with Crippen LogP contribution >= 0.6 is 0 Å². The SMILES string of the molecule is C[C@H](NC(=O)[C@H](CCCCN)NC(=O)[C@@H](N)Cc1c[nH]c2ccccc12)C(=O)N[C@@H](Cc1ccc(O)cc1)C(=O)O. The summed E-state index contributed by atoms with van der Waals surface area (Å²) in [6, 6.07) is 9.38. The number of benzene rings is 2. The van der Waals surface area contributed by atoms with E-state index >= 15 is 0 Å². The zero-order valence-corrected chi connectivity index (χ0v) is 22.9. The van der Waals surface area contributed by atoms with Crippen molar-refractivity contribution < 1.29 is 29.4 Å². The number of fused-ring (bicyclic) bond motifs is 1. The molecular weight excluding hydrogens is 528 g/mol. The van der Waals surface area contributed by atoms with E-state index in [2.05, 4.69) is 20.9 Å². The van der Waals surface area contributed by atoms with Crippen molar-refractivity contribution >= 4 is 34.6 Å². The van der Waals surface area contributed by atoms with Gasteiger partial charge in [-0.25, -0.2) is 4.79 Å². The van der Waals surface area contributed by atoms with Crippen LogP contribution in [0.25, 0.3) is 10.9 Å². The van der Waals surface area contributed by atoms with E-state index in [-0.39, 0.29) is 25.0 Å². The third kappa shape index (κ3) is 9.05. The number of rotatable bonds is 15. The van der Waals surface area contributed by atoms with E-state index < -0.39 is 47.9 Å². The number of aromatic hydroxyl groups is 1. The first kappa shape index (κ1) is 31.1. The number of aromatic nitrogens is 1. The second-order valence-electron chi connectivity index (χ2n) is 10.0. The maximum absolute atomic E-state index is 13.1. The molecule has 10 N–H and O–H groups in total. The minimum atomic E-state index is -1.26. The normalized spacial score (nSPS) is 14.0. The van der Waals surface area contributed by atoms with Crippen LogP contribution in [0.1, 0.15) is 37.3 Å². The molecule has 3 aromatic rings. The van der Waals surface area contributed by atoms with Crippen LogP contribution in [0.5, 0.6) is 5.75 Å². The molecule has 0 unspecified atom stereocenters. The number of para-hydroxylation sites is 1. The number of nitrogens with one attached hydrogen (secondary N) is 4. The Balaban J connectivity index is 1.60. The van der Waals surface area contributed by atoms with Crippen LogP contribution in [0.4, 0.5) is 0 Å². The summed E-state index contributed by atoms with van der Waals surface area (Å²) in [4.78, 5) is 53.8. The Morgan fingerprint density at radius 3 is 2.24 bits per heavy atom. The van der Waals surface area contributed by atoms with Crippen molar-refractivity contribution in [3.05, 3.63) is 65.9 Å². The quantitative estimate of drug-likeness (QED) is 0.122. The van der Waals surface area contributed by atoms with Crippen molar-refractivity contribution in [3.8, 4) is 5.75 Å². The number of carboxylic acid groups (broad SMARTS) is 1. The number of carbonyl (C=O) groups excluding carboxylic acids is 3. The highest BCUT2D eigenvalue weighted by molar-refractivity contribution is 5.94. The Bertz CT molecular complexity index is 1340. The van der Waals surface area contributed by atoms with Crippen LogP contribution in [-0.4, -0.2) is 69.6 Å². The van der Waals surface area contributed by atoms with Crippen molar-refractivity contribution in [3.63, 3.8) is 0 Å². The van der Waals surface area contributed by atoms with Gasteiger partial charge in [0.05, 0.1) is 6.04 Å². The highest BCUT2D eigenvalue weighted by atomic mass is 16.4. The smallest absolute Gasteiger partial charge is 0.326 e. The van der Waals surface area contributed by atoms with Gasteiger partial charge in [0.2, 0.25) is 17.7 Å². The number of hydrogen-bond acceptors (Lipinski definition) is 7. The molecule has 0 aliphatic heterocycles. The molecule has 1 heterocycles. The van der Waals surface area contributed by atoms with Gasteiger partial charge in [0.1, 0.15) is 23.9 Å². The zero-order chi connectivity index (χ0) is 29.9. The first-order valence-corrected chi connectivity index (χ1v) is 13.5. The summed E-state index contributed by atoms with van der Waals surface area (Å²) in [5.74, 6) is -3.02. The number of carboxylic acids is 1. The predicted octanol–water partition coefficient (Wildman–Crippen LogP) is 0.674. The van der Waals surface area contributed by atoms with Crippen LogP contribution in [0, 0.1) is 0 Å². The third-order valence-electron chi connectivity index (χ3n) is 6.77. The second-order valence-corrected chi connectivity index (χ2v) is 10.0. The fourth-order valence-corrected chi connectivity index (χ4v) is 4.41. The fourth-order valence-electron chi connectivity index (χ4n) is 4.41. The number of amides is 3. The van der Waals surface area contributed by atoms with Crippen molar-refractivity contribution in [2.75, 3.05) is 6.54 Å². The molecule has 220 valence electrons. The van der Waals surface area contributed by atoms with E-state index in [1.54, 1.807) is 18.3 Å². The number of H-pyrrole nitrogens is 1. The van der Waals surface area contributed by atoms with Gasteiger partial charge in [-0.1, -0.05) is 30.3 Å². The molecule has 2 aromatic carbocycles. The van der Waals surface area contributed by atoms with E-state index in [1.807, 2.05) is 24.3 Å². The average Bonchev–Trinajstić information content (AvgIpc) is 3.35. The number of carbonyl (C=O) groups is 4. The Morgan fingerprint density at radius 1 is 0.878 bits per heavy atom. The summed E-state index contributed by atoms with van der Waals surface area (Å²) < 4.78 is 0. The zero-order valence-electron chi connectivity index (χ0n) is 22.9. The molecule has 12 heteroatoms. The molecule has 12 nitrogen and oxygen atoms in total. The summed E-state index contributed by atoms with van der Waals surface area (Å²) >= 11 is 0. The maximum atomic E-state index is 13.1. The van der Waals surface area contributed by atoms with Gasteiger partial charge in [-0.05, 0) is 68.5 Å². The lowest BCUT2D eigenvalue weighted by Gasteiger charge is -2.23. The van der Waals surface area contributed by atoms with E-state index in [1.165, 1.54) is 19.1 Å². The van der Waals surface area contributed by atoms with Gasteiger partial charge in [0, 0.05) is 23.5 Å². The van der Waals surface area contributed by atoms with Crippen molar-refractivity contribution in [2.45, 2.75) is 63.2 Å². The molecular formula is C29H38N6O6. The minimum absolute atomic E-state index is 0.0197. The fraction of sp³-hybridized carbons (Fsp3) is 0.379. The predicted molar refractivity (Wildman–Crippen MR) is 154 cm³/mol. The lowest BCUT2D eigenvalue weighted by atomic mass is 10.0. The lowest BCUT2D eigenvalue weighted by molar-refractivity contribution is -0.142. The number of aromatic amines is 1. The molecule has 0 spiro atoms. The molecule has 0 aliphatic carbocycles. The molecule has 0 bridgehead atoms. The average molecular weight is 567 g/mol. The number of nitrogens with two attached hydrogens (primary N) is 2. The molecule has 0 saturated heterocycles. The second kappa shape index (κ2) is 14.8. The summed E-state index contributed by atoms with van der Waals surface area (Å²) in [5.41, 5.74) is 14.2. The van der Waals surface area contributed by atoms with Gasteiger partial charge >= 0.3 is 5.97 Å². The van der Waals surface area contributed by atoms with Gasteiger partial charge in [-0.2, -0.15) is 0 Å². The summed E-state index contributed by atoms with van der Waals surface area (Å²) in [5, 5.41) is 27.7. The number of phenols is 1. The number of unbranched alkanes of at least 4 members (excludes halogenated alkanes) is 1. The number of hydrogen-bond donors (Lipinski definition) is 8. The molecule has 4 atom stereocenters. The first-order valence-electron chi connectivity index (χ1n) is 13.5. The van der Waals surface area contributed by atoms with E-state index in [0.29, 0.717) is 24.9 Å². The minimum Gasteiger partial charge on any atom is -0.508 e. The highest BCUT2D eigenvalue weighted by Crippen LogP contribution is 2.19. The highest BCUT2D eigenvalue weighted by Gasteiger charge is 2.28. The van der Waals surface area contributed by atoms with Crippen LogP contribution < -0.4 is 27.4 Å². The molecule has 41 heavy (non-hydrogen) atoms. The monoisotopic (exact) mass is 566 g/mol. The molecule has 0 fully saturated rings. The van der Waals surface area contributed by atoms with Gasteiger partial charge in [0.25, 0.3) is 0 Å².